The van der Waals surface area contributed by atoms with Crippen molar-refractivity contribution < 1.29 is 24.5 Å². The number of carbonyl (C=O) groups is 2. The van der Waals surface area contributed by atoms with E-state index in [-0.39, 0.29) is 18.5 Å². The number of ether oxygens (including phenoxy) is 1. The summed E-state index contributed by atoms with van der Waals surface area (Å²) in [7, 11) is 0. The van der Waals surface area contributed by atoms with E-state index < -0.39 is 12.1 Å². The van der Waals surface area contributed by atoms with Crippen LogP contribution in [-0.4, -0.2) is 47.4 Å². The van der Waals surface area contributed by atoms with E-state index in [1.807, 2.05) is 0 Å². The number of rotatable bonds is 45. The van der Waals surface area contributed by atoms with Gasteiger partial charge in [-0.2, -0.15) is 0 Å². The highest BCUT2D eigenvalue weighted by atomic mass is 16.5. The zero-order valence-corrected chi connectivity index (χ0v) is 36.9. The number of aliphatic hydroxyl groups excluding tert-OH is 2. The fourth-order valence-corrected chi connectivity index (χ4v) is 7.51. The van der Waals surface area contributed by atoms with Crippen molar-refractivity contribution in [2.75, 3.05) is 13.2 Å². The van der Waals surface area contributed by atoms with Gasteiger partial charge < -0.3 is 20.3 Å². The molecular formula is C49H95NO5. The Balaban J connectivity index is 3.49. The minimum absolute atomic E-state index is 0.0328. The van der Waals surface area contributed by atoms with Gasteiger partial charge in [0.15, 0.2) is 0 Å². The number of nitrogens with one attached hydrogen (secondary N) is 1. The van der Waals surface area contributed by atoms with Gasteiger partial charge in [0.25, 0.3) is 0 Å². The van der Waals surface area contributed by atoms with Crippen molar-refractivity contribution in [2.24, 2.45) is 0 Å². The van der Waals surface area contributed by atoms with Gasteiger partial charge in [0.1, 0.15) is 0 Å². The van der Waals surface area contributed by atoms with Crippen LogP contribution < -0.4 is 5.32 Å². The van der Waals surface area contributed by atoms with Gasteiger partial charge in [0.05, 0.1) is 25.4 Å². The maximum Gasteiger partial charge on any atom is 0.305 e. The zero-order valence-electron chi connectivity index (χ0n) is 36.9. The topological polar surface area (TPSA) is 95.9 Å². The van der Waals surface area contributed by atoms with Crippen molar-refractivity contribution >= 4 is 11.9 Å². The van der Waals surface area contributed by atoms with Crippen LogP contribution in [0, 0.1) is 0 Å². The first-order valence-electron chi connectivity index (χ1n) is 24.4. The molecule has 326 valence electrons. The van der Waals surface area contributed by atoms with Gasteiger partial charge in [-0.1, -0.05) is 212 Å². The van der Waals surface area contributed by atoms with Gasteiger partial charge in [-0.15, -0.1) is 0 Å². The SMILES string of the molecule is CCCCCCCCCCCCCCCCCCCC(=O)OCCCC/C=C\CCCCCCC(=O)NC(CO)C(O)CCCCCCCCCCCCC. The molecule has 0 spiro atoms. The van der Waals surface area contributed by atoms with Crippen molar-refractivity contribution in [3.05, 3.63) is 12.2 Å². The molecule has 0 fully saturated rings. The molecule has 0 aromatic carbocycles. The Hall–Kier alpha value is -1.40. The van der Waals surface area contributed by atoms with Crippen LogP contribution in [0.1, 0.15) is 264 Å². The van der Waals surface area contributed by atoms with Crippen molar-refractivity contribution in [3.63, 3.8) is 0 Å². The molecule has 2 atom stereocenters. The molecule has 0 aromatic rings. The van der Waals surface area contributed by atoms with Crippen LogP contribution in [-0.2, 0) is 14.3 Å². The predicted molar refractivity (Wildman–Crippen MR) is 237 cm³/mol. The molecule has 0 radical (unpaired) electrons. The van der Waals surface area contributed by atoms with E-state index in [1.54, 1.807) is 0 Å². The minimum atomic E-state index is -0.683. The summed E-state index contributed by atoms with van der Waals surface area (Å²) >= 11 is 0. The lowest BCUT2D eigenvalue weighted by atomic mass is 10.0. The standard InChI is InChI=1S/C49H95NO5/c1-3-5-7-9-11-13-15-16-17-18-19-20-22-27-31-35-39-43-49(54)55-44-40-36-32-28-24-23-26-30-34-38-42-48(53)50-46(45-51)47(52)41-37-33-29-25-21-14-12-10-8-6-4-2/h24,28,46-47,51-52H,3-23,25-27,29-45H2,1-2H3,(H,50,53)/b28-24-. The average molecular weight is 778 g/mol. The summed E-state index contributed by atoms with van der Waals surface area (Å²) in [6.07, 6.45) is 50.4. The smallest absolute Gasteiger partial charge is 0.305 e. The Labute approximate surface area is 342 Å². The van der Waals surface area contributed by atoms with E-state index in [4.69, 9.17) is 4.74 Å². The Morgan fingerprint density at radius 1 is 0.491 bits per heavy atom. The molecule has 0 saturated carbocycles. The molecule has 0 saturated heterocycles. The lowest BCUT2D eigenvalue weighted by Gasteiger charge is -2.22. The molecule has 6 heteroatoms. The molecule has 0 aliphatic heterocycles. The fourth-order valence-electron chi connectivity index (χ4n) is 7.51. The van der Waals surface area contributed by atoms with Crippen molar-refractivity contribution in [3.8, 4) is 0 Å². The number of hydrogen-bond acceptors (Lipinski definition) is 5. The first kappa shape index (κ1) is 53.6. The molecule has 0 heterocycles. The van der Waals surface area contributed by atoms with Gasteiger partial charge in [0.2, 0.25) is 5.91 Å². The minimum Gasteiger partial charge on any atom is -0.466 e. The van der Waals surface area contributed by atoms with Gasteiger partial charge in [-0.25, -0.2) is 0 Å². The van der Waals surface area contributed by atoms with E-state index >= 15 is 0 Å². The number of unbranched alkanes of at least 4 members (excludes halogenated alkanes) is 32. The average Bonchev–Trinajstić information content (AvgIpc) is 3.18. The molecule has 0 aliphatic rings. The lowest BCUT2D eigenvalue weighted by molar-refractivity contribution is -0.143. The summed E-state index contributed by atoms with van der Waals surface area (Å²) in [4.78, 5) is 24.4. The predicted octanol–water partition coefficient (Wildman–Crippen LogP) is 14.2. The molecule has 2 unspecified atom stereocenters. The molecule has 6 nitrogen and oxygen atoms in total. The molecule has 0 rings (SSSR count). The van der Waals surface area contributed by atoms with E-state index in [0.717, 1.165) is 77.0 Å². The molecule has 3 N–H and O–H groups in total. The first-order valence-corrected chi connectivity index (χ1v) is 24.4. The first-order chi connectivity index (χ1) is 27.0. The second kappa shape index (κ2) is 45.3. The lowest BCUT2D eigenvalue weighted by Crippen LogP contribution is -2.45. The normalized spacial score (nSPS) is 12.7. The molecule has 55 heavy (non-hydrogen) atoms. The van der Waals surface area contributed by atoms with E-state index in [9.17, 15) is 19.8 Å². The fraction of sp³-hybridized carbons (Fsp3) is 0.918. The summed E-state index contributed by atoms with van der Waals surface area (Å²) in [6, 6.07) is -0.564. The van der Waals surface area contributed by atoms with Crippen LogP contribution in [0.4, 0.5) is 0 Å². The van der Waals surface area contributed by atoms with Crippen LogP contribution in [0.15, 0.2) is 12.2 Å². The summed E-state index contributed by atoms with van der Waals surface area (Å²) in [6.45, 7) is 4.86. The number of hydrogen-bond donors (Lipinski definition) is 3. The van der Waals surface area contributed by atoms with Crippen LogP contribution in [0.5, 0.6) is 0 Å². The summed E-state index contributed by atoms with van der Waals surface area (Å²) in [5.74, 6) is -0.104. The quantitative estimate of drug-likeness (QED) is 0.0325. The Bertz CT molecular complexity index is 817. The Morgan fingerprint density at radius 2 is 0.855 bits per heavy atom. The van der Waals surface area contributed by atoms with Crippen molar-refractivity contribution in [1.29, 1.82) is 0 Å². The largest absolute Gasteiger partial charge is 0.466 e. The number of esters is 1. The maximum atomic E-state index is 12.4. The van der Waals surface area contributed by atoms with E-state index in [1.165, 1.54) is 154 Å². The van der Waals surface area contributed by atoms with Crippen molar-refractivity contribution in [1.82, 2.24) is 5.32 Å². The third-order valence-electron chi connectivity index (χ3n) is 11.3. The van der Waals surface area contributed by atoms with E-state index in [2.05, 4.69) is 31.3 Å². The van der Waals surface area contributed by atoms with Gasteiger partial charge in [-0.05, 0) is 51.4 Å². The van der Waals surface area contributed by atoms with Crippen molar-refractivity contribution in [2.45, 2.75) is 276 Å². The molecule has 0 aromatic heterocycles. The van der Waals surface area contributed by atoms with Crippen LogP contribution in [0.2, 0.25) is 0 Å². The summed E-state index contributed by atoms with van der Waals surface area (Å²) < 4.78 is 5.44. The Kier molecular flexibility index (Phi) is 44.2. The van der Waals surface area contributed by atoms with Gasteiger partial charge >= 0.3 is 5.97 Å². The third kappa shape index (κ3) is 42.0. The monoisotopic (exact) mass is 778 g/mol. The molecule has 1 amide bonds. The highest BCUT2D eigenvalue weighted by molar-refractivity contribution is 5.76. The molecular weight excluding hydrogens is 683 g/mol. The second-order valence-corrected chi connectivity index (χ2v) is 16.8. The Morgan fingerprint density at radius 3 is 1.29 bits per heavy atom. The number of aliphatic hydroxyl groups is 2. The number of amides is 1. The summed E-state index contributed by atoms with van der Waals surface area (Å²) in [5, 5.41) is 23.1. The summed E-state index contributed by atoms with van der Waals surface area (Å²) in [5.41, 5.74) is 0. The highest BCUT2D eigenvalue weighted by Gasteiger charge is 2.20. The molecule has 0 bridgehead atoms. The maximum absolute atomic E-state index is 12.4. The highest BCUT2D eigenvalue weighted by Crippen LogP contribution is 2.16. The van der Waals surface area contributed by atoms with E-state index in [0.29, 0.717) is 25.9 Å². The van der Waals surface area contributed by atoms with Crippen LogP contribution in [0.25, 0.3) is 0 Å². The van der Waals surface area contributed by atoms with Gasteiger partial charge in [0, 0.05) is 12.8 Å². The second-order valence-electron chi connectivity index (χ2n) is 16.8. The van der Waals surface area contributed by atoms with Crippen LogP contribution >= 0.6 is 0 Å². The zero-order chi connectivity index (χ0) is 40.1. The third-order valence-corrected chi connectivity index (χ3v) is 11.3. The number of carbonyl (C=O) groups excluding carboxylic acids is 2. The van der Waals surface area contributed by atoms with Gasteiger partial charge in [-0.3, -0.25) is 9.59 Å². The molecule has 0 aliphatic carbocycles. The van der Waals surface area contributed by atoms with Crippen LogP contribution in [0.3, 0.4) is 0 Å². The number of allylic oxidation sites excluding steroid dienone is 2.